The summed E-state index contributed by atoms with van der Waals surface area (Å²) in [5.41, 5.74) is 9.41. The van der Waals surface area contributed by atoms with Crippen molar-refractivity contribution in [2.45, 2.75) is 32.2 Å². The van der Waals surface area contributed by atoms with E-state index < -0.39 is 6.04 Å². The van der Waals surface area contributed by atoms with Crippen LogP contribution >= 0.6 is 0 Å². The molecule has 4 nitrogen and oxygen atoms in total. The van der Waals surface area contributed by atoms with Crippen molar-refractivity contribution in [2.24, 2.45) is 5.73 Å². The molecule has 2 N–H and O–H groups in total. The Morgan fingerprint density at radius 1 is 1.42 bits per heavy atom. The maximum atomic E-state index is 11.3. The molecular formula is C15H22N2O2. The molecule has 0 bridgehead atoms. The molecule has 1 aliphatic heterocycles. The van der Waals surface area contributed by atoms with Gasteiger partial charge in [0.25, 0.3) is 0 Å². The minimum atomic E-state index is -0.581. The van der Waals surface area contributed by atoms with Gasteiger partial charge in [-0.25, -0.2) is 0 Å². The summed E-state index contributed by atoms with van der Waals surface area (Å²) in [5, 5.41) is 0. The number of methoxy groups -OCH3 is 1. The molecule has 0 aliphatic carbocycles. The molecule has 4 heteroatoms. The van der Waals surface area contributed by atoms with E-state index in [9.17, 15) is 4.79 Å². The Bertz CT molecular complexity index is 453. The highest BCUT2D eigenvalue weighted by Crippen LogP contribution is 2.25. The summed E-state index contributed by atoms with van der Waals surface area (Å²) in [7, 11) is 1.36. The molecule has 0 radical (unpaired) electrons. The van der Waals surface area contributed by atoms with E-state index in [0.29, 0.717) is 6.42 Å². The fourth-order valence-electron chi connectivity index (χ4n) is 2.65. The van der Waals surface area contributed by atoms with Gasteiger partial charge in [-0.3, -0.25) is 4.79 Å². The van der Waals surface area contributed by atoms with Crippen LogP contribution in [0.1, 0.15) is 24.0 Å². The topological polar surface area (TPSA) is 55.6 Å². The molecule has 1 saturated heterocycles. The standard InChI is InChI=1S/C15H22N2O2/c1-11-9-12(10-13(16)15(18)19-2)5-6-14(11)17-7-3-4-8-17/h5-6,9,13H,3-4,7-8,10,16H2,1-2H3. The molecule has 0 amide bonds. The van der Waals surface area contributed by atoms with Crippen molar-refractivity contribution in [2.75, 3.05) is 25.1 Å². The number of benzene rings is 1. The second-order valence-corrected chi connectivity index (χ2v) is 5.15. The zero-order valence-corrected chi connectivity index (χ0v) is 11.7. The fourth-order valence-corrected chi connectivity index (χ4v) is 2.65. The Morgan fingerprint density at radius 2 is 2.11 bits per heavy atom. The van der Waals surface area contributed by atoms with Gasteiger partial charge in [-0.05, 0) is 43.4 Å². The van der Waals surface area contributed by atoms with Crippen LogP contribution in [0.4, 0.5) is 5.69 Å². The highest BCUT2D eigenvalue weighted by Gasteiger charge is 2.17. The van der Waals surface area contributed by atoms with Gasteiger partial charge in [0.05, 0.1) is 7.11 Å². The van der Waals surface area contributed by atoms with Crippen LogP contribution in [-0.4, -0.2) is 32.2 Å². The largest absolute Gasteiger partial charge is 0.468 e. The Kier molecular flexibility index (Phi) is 4.43. The quantitative estimate of drug-likeness (QED) is 0.838. The SMILES string of the molecule is COC(=O)C(N)Cc1ccc(N2CCCC2)c(C)c1. The highest BCUT2D eigenvalue weighted by molar-refractivity contribution is 5.75. The first-order valence-corrected chi connectivity index (χ1v) is 6.79. The third-order valence-corrected chi connectivity index (χ3v) is 3.67. The normalized spacial score (nSPS) is 16.5. The molecule has 1 fully saturated rings. The fraction of sp³-hybridized carbons (Fsp3) is 0.533. The second kappa shape index (κ2) is 6.06. The van der Waals surface area contributed by atoms with E-state index in [2.05, 4.69) is 34.8 Å². The van der Waals surface area contributed by atoms with Gasteiger partial charge in [-0.15, -0.1) is 0 Å². The van der Waals surface area contributed by atoms with Crippen molar-refractivity contribution in [3.63, 3.8) is 0 Å². The van der Waals surface area contributed by atoms with Crippen molar-refractivity contribution in [1.29, 1.82) is 0 Å². The Morgan fingerprint density at radius 3 is 2.68 bits per heavy atom. The van der Waals surface area contributed by atoms with Crippen LogP contribution in [0.5, 0.6) is 0 Å². The summed E-state index contributed by atoms with van der Waals surface area (Å²) in [6.45, 7) is 4.39. The van der Waals surface area contributed by atoms with Gasteiger partial charge in [0, 0.05) is 18.8 Å². The lowest BCUT2D eigenvalue weighted by Crippen LogP contribution is -2.33. The number of nitrogens with two attached hydrogens (primary N) is 1. The molecule has 1 aromatic rings. The zero-order chi connectivity index (χ0) is 13.8. The predicted octanol–water partition coefficient (Wildman–Crippen LogP) is 1.64. The number of hydrogen-bond donors (Lipinski definition) is 1. The molecule has 1 aliphatic rings. The van der Waals surface area contributed by atoms with Gasteiger partial charge in [-0.2, -0.15) is 0 Å². The van der Waals surface area contributed by atoms with E-state index in [1.54, 1.807) is 0 Å². The van der Waals surface area contributed by atoms with Crippen LogP contribution < -0.4 is 10.6 Å². The van der Waals surface area contributed by atoms with Crippen molar-refractivity contribution in [3.05, 3.63) is 29.3 Å². The lowest BCUT2D eigenvalue weighted by atomic mass is 10.0. The van der Waals surface area contributed by atoms with Gasteiger partial charge in [0.2, 0.25) is 0 Å². The first-order chi connectivity index (χ1) is 9.11. The Balaban J connectivity index is 2.08. The summed E-state index contributed by atoms with van der Waals surface area (Å²) in [5.74, 6) is -0.360. The number of ether oxygens (including phenoxy) is 1. The lowest BCUT2D eigenvalue weighted by Gasteiger charge is -2.21. The molecule has 19 heavy (non-hydrogen) atoms. The molecule has 1 unspecified atom stereocenters. The number of anilines is 1. The predicted molar refractivity (Wildman–Crippen MR) is 76.3 cm³/mol. The third kappa shape index (κ3) is 3.26. The summed E-state index contributed by atoms with van der Waals surface area (Å²) in [4.78, 5) is 13.7. The van der Waals surface area contributed by atoms with Crippen molar-refractivity contribution >= 4 is 11.7 Å². The van der Waals surface area contributed by atoms with E-state index >= 15 is 0 Å². The number of carbonyl (C=O) groups excluding carboxylic acids is 1. The molecule has 0 saturated carbocycles. The van der Waals surface area contributed by atoms with Crippen LogP contribution in [0, 0.1) is 6.92 Å². The highest BCUT2D eigenvalue weighted by atomic mass is 16.5. The Labute approximate surface area is 114 Å². The first-order valence-electron chi connectivity index (χ1n) is 6.79. The number of carbonyl (C=O) groups is 1. The van der Waals surface area contributed by atoms with Crippen LogP contribution in [0.3, 0.4) is 0 Å². The van der Waals surface area contributed by atoms with Crippen LogP contribution in [0.25, 0.3) is 0 Å². The molecule has 0 aromatic heterocycles. The molecule has 1 heterocycles. The Hall–Kier alpha value is -1.55. The summed E-state index contributed by atoms with van der Waals surface area (Å²) in [6.07, 6.45) is 3.07. The van der Waals surface area contributed by atoms with Gasteiger partial charge < -0.3 is 15.4 Å². The molecular weight excluding hydrogens is 240 g/mol. The number of hydrogen-bond acceptors (Lipinski definition) is 4. The van der Waals surface area contributed by atoms with Crippen LogP contribution in [0.2, 0.25) is 0 Å². The van der Waals surface area contributed by atoms with E-state index in [-0.39, 0.29) is 5.97 Å². The van der Waals surface area contributed by atoms with Gasteiger partial charge in [-0.1, -0.05) is 12.1 Å². The lowest BCUT2D eigenvalue weighted by molar-refractivity contribution is -0.142. The molecule has 2 rings (SSSR count). The van der Waals surface area contributed by atoms with Crippen molar-refractivity contribution in [3.8, 4) is 0 Å². The van der Waals surface area contributed by atoms with Crippen LogP contribution in [-0.2, 0) is 16.0 Å². The van der Waals surface area contributed by atoms with Gasteiger partial charge in [0.1, 0.15) is 6.04 Å². The molecule has 104 valence electrons. The summed E-state index contributed by atoms with van der Waals surface area (Å²) in [6, 6.07) is 5.74. The third-order valence-electron chi connectivity index (χ3n) is 3.67. The number of rotatable bonds is 4. The summed E-state index contributed by atoms with van der Waals surface area (Å²) < 4.78 is 4.65. The average molecular weight is 262 g/mol. The van der Waals surface area contributed by atoms with Crippen LogP contribution in [0.15, 0.2) is 18.2 Å². The van der Waals surface area contributed by atoms with E-state index in [1.807, 2.05) is 0 Å². The van der Waals surface area contributed by atoms with Crippen molar-refractivity contribution < 1.29 is 9.53 Å². The number of esters is 1. The summed E-state index contributed by atoms with van der Waals surface area (Å²) >= 11 is 0. The minimum Gasteiger partial charge on any atom is -0.468 e. The minimum absolute atomic E-state index is 0.360. The van der Waals surface area contributed by atoms with E-state index in [1.165, 1.54) is 31.2 Å². The van der Waals surface area contributed by atoms with E-state index in [0.717, 1.165) is 18.7 Å². The number of aryl methyl sites for hydroxylation is 1. The van der Waals surface area contributed by atoms with Gasteiger partial charge in [0.15, 0.2) is 0 Å². The van der Waals surface area contributed by atoms with E-state index in [4.69, 9.17) is 5.73 Å². The maximum absolute atomic E-state index is 11.3. The second-order valence-electron chi connectivity index (χ2n) is 5.15. The van der Waals surface area contributed by atoms with Gasteiger partial charge >= 0.3 is 5.97 Å². The maximum Gasteiger partial charge on any atom is 0.322 e. The molecule has 1 atom stereocenters. The smallest absolute Gasteiger partial charge is 0.322 e. The number of nitrogens with zero attached hydrogens (tertiary/aromatic N) is 1. The zero-order valence-electron chi connectivity index (χ0n) is 11.7. The molecule has 0 spiro atoms. The monoisotopic (exact) mass is 262 g/mol. The van der Waals surface area contributed by atoms with Crippen molar-refractivity contribution in [1.82, 2.24) is 0 Å². The first kappa shape index (κ1) is 13.9. The average Bonchev–Trinajstić information content (AvgIpc) is 2.91. The molecule has 1 aromatic carbocycles.